The van der Waals surface area contributed by atoms with Crippen molar-refractivity contribution in [3.63, 3.8) is 0 Å². The summed E-state index contributed by atoms with van der Waals surface area (Å²) in [6, 6.07) is 11.7. The van der Waals surface area contributed by atoms with E-state index in [1.807, 2.05) is 12.3 Å². The molecule has 4 rings (SSSR count). The van der Waals surface area contributed by atoms with Gasteiger partial charge < -0.3 is 10.6 Å². The van der Waals surface area contributed by atoms with Crippen molar-refractivity contribution in [2.24, 2.45) is 10.9 Å². The van der Waals surface area contributed by atoms with E-state index in [1.165, 1.54) is 30.3 Å². The first-order valence-electron chi connectivity index (χ1n) is 9.86. The van der Waals surface area contributed by atoms with Crippen LogP contribution in [0.4, 0.5) is 0 Å². The van der Waals surface area contributed by atoms with Crippen LogP contribution in [0.25, 0.3) is 10.9 Å². The predicted molar refractivity (Wildman–Crippen MR) is 107 cm³/mol. The number of nitrogens with zero attached hydrogens (tertiary/aromatic N) is 3. The lowest BCUT2D eigenvalue weighted by atomic mass is 10.1. The molecule has 2 aliphatic rings. The molecule has 1 aromatic carbocycles. The van der Waals surface area contributed by atoms with Crippen molar-refractivity contribution in [3.05, 3.63) is 42.1 Å². The van der Waals surface area contributed by atoms with Crippen LogP contribution in [0.2, 0.25) is 0 Å². The summed E-state index contributed by atoms with van der Waals surface area (Å²) >= 11 is 0. The summed E-state index contributed by atoms with van der Waals surface area (Å²) in [4.78, 5) is 12.0. The van der Waals surface area contributed by atoms with Gasteiger partial charge >= 0.3 is 0 Å². The van der Waals surface area contributed by atoms with E-state index < -0.39 is 0 Å². The van der Waals surface area contributed by atoms with E-state index in [0.29, 0.717) is 18.5 Å². The van der Waals surface area contributed by atoms with Gasteiger partial charge in [0.1, 0.15) is 0 Å². The van der Waals surface area contributed by atoms with E-state index in [9.17, 15) is 0 Å². The lowest BCUT2D eigenvalue weighted by Crippen LogP contribution is -2.46. The van der Waals surface area contributed by atoms with Crippen LogP contribution in [0.15, 0.2) is 41.5 Å². The molecule has 5 nitrogen and oxygen atoms in total. The van der Waals surface area contributed by atoms with Crippen molar-refractivity contribution in [2.45, 2.75) is 45.3 Å². The fourth-order valence-corrected chi connectivity index (χ4v) is 3.88. The number of likely N-dealkylation sites (tertiary alicyclic amines) is 1. The third kappa shape index (κ3) is 3.83. The number of fused-ring (bicyclic) bond motifs is 1. The fourth-order valence-electron chi connectivity index (χ4n) is 3.88. The number of rotatable bonds is 5. The Bertz CT molecular complexity index is 778. The molecule has 2 unspecified atom stereocenters. The van der Waals surface area contributed by atoms with Crippen LogP contribution in [-0.2, 0) is 6.54 Å². The average molecular weight is 351 g/mol. The molecule has 1 aromatic heterocycles. The first kappa shape index (κ1) is 17.3. The molecule has 5 heteroatoms. The number of aromatic nitrogens is 1. The van der Waals surface area contributed by atoms with Gasteiger partial charge in [-0.2, -0.15) is 0 Å². The molecule has 1 aliphatic carbocycles. The summed E-state index contributed by atoms with van der Waals surface area (Å²) in [5.74, 6) is 1.56. The highest BCUT2D eigenvalue weighted by molar-refractivity contribution is 5.83. The molecule has 26 heavy (non-hydrogen) atoms. The van der Waals surface area contributed by atoms with Gasteiger partial charge in [-0.25, -0.2) is 4.99 Å². The molecule has 0 bridgehead atoms. The number of hydrogen-bond acceptors (Lipinski definition) is 3. The van der Waals surface area contributed by atoms with Gasteiger partial charge in [0.2, 0.25) is 0 Å². The minimum absolute atomic E-state index is 0.471. The van der Waals surface area contributed by atoms with Crippen molar-refractivity contribution in [3.8, 4) is 0 Å². The average Bonchev–Trinajstić information content (AvgIpc) is 3.44. The van der Waals surface area contributed by atoms with Crippen LogP contribution in [0.3, 0.4) is 0 Å². The molecule has 1 aliphatic heterocycles. The Morgan fingerprint density at radius 2 is 2.08 bits per heavy atom. The van der Waals surface area contributed by atoms with E-state index in [-0.39, 0.29) is 0 Å². The number of hydrogen-bond donors (Lipinski definition) is 2. The summed E-state index contributed by atoms with van der Waals surface area (Å²) in [5.41, 5.74) is 2.21. The van der Waals surface area contributed by atoms with Crippen LogP contribution in [0.1, 0.15) is 32.3 Å². The summed E-state index contributed by atoms with van der Waals surface area (Å²) in [6.07, 6.45) is 4.61. The second-order valence-electron chi connectivity index (χ2n) is 7.60. The van der Waals surface area contributed by atoms with E-state index in [1.54, 1.807) is 0 Å². The van der Waals surface area contributed by atoms with E-state index in [0.717, 1.165) is 30.6 Å². The zero-order valence-electron chi connectivity index (χ0n) is 15.8. The second-order valence-corrected chi connectivity index (χ2v) is 7.60. The highest BCUT2D eigenvalue weighted by atomic mass is 15.3. The standard InChI is InChI=1S/C21H29N5/c1-3-22-21(25-19-14-26(13-15(19)2)18-9-10-18)24-12-17-7-4-6-16-8-5-11-23-20(16)17/h4-8,11,15,18-19H,3,9-10,12-14H2,1-2H3,(H2,22,24,25). The Balaban J connectivity index is 1.47. The minimum atomic E-state index is 0.471. The predicted octanol–water partition coefficient (Wildman–Crippen LogP) is 2.77. The molecule has 0 amide bonds. The van der Waals surface area contributed by atoms with Gasteiger partial charge in [-0.15, -0.1) is 0 Å². The third-order valence-corrected chi connectivity index (χ3v) is 5.49. The summed E-state index contributed by atoms with van der Waals surface area (Å²) in [7, 11) is 0. The van der Waals surface area contributed by atoms with Crippen LogP contribution in [-0.4, -0.2) is 47.6 Å². The Kier molecular flexibility index (Phi) is 5.07. The van der Waals surface area contributed by atoms with Gasteiger partial charge in [0, 0.05) is 43.3 Å². The number of para-hydroxylation sites is 1. The quantitative estimate of drug-likeness (QED) is 0.642. The maximum Gasteiger partial charge on any atom is 0.191 e. The van der Waals surface area contributed by atoms with Gasteiger partial charge in [0.15, 0.2) is 5.96 Å². The van der Waals surface area contributed by atoms with Crippen molar-refractivity contribution >= 4 is 16.9 Å². The summed E-state index contributed by atoms with van der Waals surface area (Å²) < 4.78 is 0. The maximum absolute atomic E-state index is 4.85. The zero-order valence-corrected chi connectivity index (χ0v) is 15.8. The smallest absolute Gasteiger partial charge is 0.191 e. The number of aliphatic imine (C=N–C) groups is 1. The van der Waals surface area contributed by atoms with Crippen molar-refractivity contribution in [2.75, 3.05) is 19.6 Å². The monoisotopic (exact) mass is 351 g/mol. The molecule has 2 heterocycles. The van der Waals surface area contributed by atoms with E-state index in [2.05, 4.69) is 58.6 Å². The minimum Gasteiger partial charge on any atom is -0.357 e. The van der Waals surface area contributed by atoms with E-state index >= 15 is 0 Å². The molecule has 138 valence electrons. The van der Waals surface area contributed by atoms with E-state index in [4.69, 9.17) is 4.99 Å². The molecular formula is C21H29N5. The maximum atomic E-state index is 4.85. The van der Waals surface area contributed by atoms with Gasteiger partial charge in [0.25, 0.3) is 0 Å². The molecule has 0 spiro atoms. The third-order valence-electron chi connectivity index (χ3n) is 5.49. The van der Waals surface area contributed by atoms with Crippen LogP contribution < -0.4 is 10.6 Å². The fraction of sp³-hybridized carbons (Fsp3) is 0.524. The summed E-state index contributed by atoms with van der Waals surface area (Å²) in [6.45, 7) is 8.30. The topological polar surface area (TPSA) is 52.6 Å². The Morgan fingerprint density at radius 3 is 2.88 bits per heavy atom. The van der Waals surface area contributed by atoms with Crippen LogP contribution in [0.5, 0.6) is 0 Å². The first-order chi connectivity index (χ1) is 12.7. The molecule has 0 radical (unpaired) electrons. The van der Waals surface area contributed by atoms with Crippen molar-refractivity contribution < 1.29 is 0 Å². The van der Waals surface area contributed by atoms with Gasteiger partial charge in [-0.3, -0.25) is 9.88 Å². The number of guanidine groups is 1. The lowest BCUT2D eigenvalue weighted by Gasteiger charge is -2.20. The number of pyridine rings is 1. The molecule has 1 saturated heterocycles. The highest BCUT2D eigenvalue weighted by Crippen LogP contribution is 2.31. The highest BCUT2D eigenvalue weighted by Gasteiger charge is 2.38. The molecular weight excluding hydrogens is 322 g/mol. The molecule has 2 N–H and O–H groups in total. The Hall–Kier alpha value is -2.14. The van der Waals surface area contributed by atoms with Crippen molar-refractivity contribution in [1.29, 1.82) is 0 Å². The summed E-state index contributed by atoms with van der Waals surface area (Å²) in [5, 5.41) is 8.25. The number of benzene rings is 1. The SMILES string of the molecule is CCNC(=NCc1cccc2cccnc12)NC1CN(C2CC2)CC1C. The number of nitrogens with one attached hydrogen (secondary N) is 2. The van der Waals surface area contributed by atoms with Crippen LogP contribution >= 0.6 is 0 Å². The van der Waals surface area contributed by atoms with Gasteiger partial charge in [-0.05, 0) is 37.3 Å². The van der Waals surface area contributed by atoms with Gasteiger partial charge in [-0.1, -0.05) is 31.2 Å². The lowest BCUT2D eigenvalue weighted by molar-refractivity contribution is 0.315. The molecule has 2 atom stereocenters. The second kappa shape index (κ2) is 7.62. The van der Waals surface area contributed by atoms with Crippen LogP contribution in [0, 0.1) is 5.92 Å². The molecule has 2 fully saturated rings. The zero-order chi connectivity index (χ0) is 17.9. The molecule has 2 aromatic rings. The Morgan fingerprint density at radius 1 is 1.23 bits per heavy atom. The Labute approximate surface area is 155 Å². The normalized spacial score (nSPS) is 24.2. The van der Waals surface area contributed by atoms with Gasteiger partial charge in [0.05, 0.1) is 12.1 Å². The first-order valence-corrected chi connectivity index (χ1v) is 9.86. The molecule has 1 saturated carbocycles. The largest absolute Gasteiger partial charge is 0.357 e. The van der Waals surface area contributed by atoms with Crippen molar-refractivity contribution in [1.82, 2.24) is 20.5 Å².